The number of carboxylic acid groups (broad SMARTS) is 1. The SMILES string of the molecule is CCC1SCC(C(=O)O)N1C(=O)N(CCC#N)C1CC1. The van der Waals surface area contributed by atoms with E-state index in [1.54, 1.807) is 4.90 Å². The molecule has 0 aromatic heterocycles. The van der Waals surface area contributed by atoms with E-state index in [0.29, 0.717) is 12.3 Å². The lowest BCUT2D eigenvalue weighted by Crippen LogP contribution is -2.52. The minimum atomic E-state index is -0.946. The molecule has 0 radical (unpaired) electrons. The molecule has 1 saturated carbocycles. The fraction of sp³-hybridized carbons (Fsp3) is 0.769. The summed E-state index contributed by atoms with van der Waals surface area (Å²) < 4.78 is 0. The number of aliphatic carboxylic acids is 1. The van der Waals surface area contributed by atoms with E-state index in [2.05, 4.69) is 6.07 Å². The first-order valence-corrected chi connectivity index (χ1v) is 7.95. The molecule has 0 aromatic rings. The van der Waals surface area contributed by atoms with Crippen molar-refractivity contribution in [1.82, 2.24) is 9.80 Å². The normalized spacial score (nSPS) is 25.3. The Morgan fingerprint density at radius 1 is 1.50 bits per heavy atom. The van der Waals surface area contributed by atoms with Crippen LogP contribution in [0.1, 0.15) is 32.6 Å². The summed E-state index contributed by atoms with van der Waals surface area (Å²) in [4.78, 5) is 27.2. The molecule has 1 aliphatic heterocycles. The number of carbonyl (C=O) groups excluding carboxylic acids is 1. The smallest absolute Gasteiger partial charge is 0.327 e. The third-order valence-corrected chi connectivity index (χ3v) is 5.10. The highest BCUT2D eigenvalue weighted by Crippen LogP contribution is 2.35. The second-order valence-corrected chi connectivity index (χ2v) is 6.28. The molecule has 1 heterocycles. The summed E-state index contributed by atoms with van der Waals surface area (Å²) in [6.07, 6.45) is 2.92. The molecule has 0 aromatic carbocycles. The molecule has 110 valence electrons. The zero-order chi connectivity index (χ0) is 14.7. The largest absolute Gasteiger partial charge is 0.480 e. The van der Waals surface area contributed by atoms with Crippen molar-refractivity contribution in [3.63, 3.8) is 0 Å². The van der Waals surface area contributed by atoms with E-state index < -0.39 is 12.0 Å². The monoisotopic (exact) mass is 297 g/mol. The summed E-state index contributed by atoms with van der Waals surface area (Å²) in [5.74, 6) is -0.506. The first kappa shape index (κ1) is 15.0. The fourth-order valence-electron chi connectivity index (χ4n) is 2.46. The number of rotatable bonds is 5. The molecule has 1 N–H and O–H groups in total. The Hall–Kier alpha value is -1.42. The van der Waals surface area contributed by atoms with Crippen molar-refractivity contribution < 1.29 is 14.7 Å². The van der Waals surface area contributed by atoms with Gasteiger partial charge in [0.1, 0.15) is 6.04 Å². The third kappa shape index (κ3) is 3.01. The molecule has 0 spiro atoms. The van der Waals surface area contributed by atoms with Crippen LogP contribution in [-0.4, -0.2) is 56.7 Å². The van der Waals surface area contributed by atoms with Crippen molar-refractivity contribution in [3.05, 3.63) is 0 Å². The van der Waals surface area contributed by atoms with E-state index in [1.807, 2.05) is 6.92 Å². The average Bonchev–Trinajstić information content (AvgIpc) is 3.16. The van der Waals surface area contributed by atoms with Crippen LogP contribution in [-0.2, 0) is 4.79 Å². The van der Waals surface area contributed by atoms with Crippen molar-refractivity contribution >= 4 is 23.8 Å². The number of nitriles is 1. The molecule has 20 heavy (non-hydrogen) atoms. The van der Waals surface area contributed by atoms with Crippen LogP contribution >= 0.6 is 11.8 Å². The Morgan fingerprint density at radius 3 is 2.70 bits per heavy atom. The van der Waals surface area contributed by atoms with Crippen LogP contribution in [0.4, 0.5) is 4.79 Å². The highest BCUT2D eigenvalue weighted by Gasteiger charge is 2.45. The van der Waals surface area contributed by atoms with Gasteiger partial charge in [0, 0.05) is 18.3 Å². The van der Waals surface area contributed by atoms with Crippen molar-refractivity contribution in [2.75, 3.05) is 12.3 Å². The maximum absolute atomic E-state index is 12.7. The Balaban J connectivity index is 2.14. The number of carboxylic acids is 1. The maximum atomic E-state index is 12.7. The first-order chi connectivity index (χ1) is 9.60. The molecule has 1 aliphatic carbocycles. The minimum absolute atomic E-state index is 0.0769. The van der Waals surface area contributed by atoms with Gasteiger partial charge in [0.2, 0.25) is 0 Å². The number of hydrogen-bond acceptors (Lipinski definition) is 4. The third-order valence-electron chi connectivity index (χ3n) is 3.65. The van der Waals surface area contributed by atoms with E-state index in [4.69, 9.17) is 5.26 Å². The van der Waals surface area contributed by atoms with Gasteiger partial charge in [0.15, 0.2) is 0 Å². The van der Waals surface area contributed by atoms with Gasteiger partial charge in [0.25, 0.3) is 0 Å². The number of urea groups is 1. The van der Waals surface area contributed by atoms with E-state index in [0.717, 1.165) is 19.3 Å². The molecular formula is C13H19N3O3S. The Morgan fingerprint density at radius 2 is 2.20 bits per heavy atom. The lowest BCUT2D eigenvalue weighted by molar-refractivity contribution is -0.141. The van der Waals surface area contributed by atoms with E-state index in [-0.39, 0.29) is 23.9 Å². The predicted molar refractivity (Wildman–Crippen MR) is 75.2 cm³/mol. The van der Waals surface area contributed by atoms with E-state index in [9.17, 15) is 14.7 Å². The van der Waals surface area contributed by atoms with Crippen LogP contribution in [0.25, 0.3) is 0 Å². The molecule has 2 fully saturated rings. The molecule has 7 heteroatoms. The predicted octanol–water partition coefficient (Wildman–Crippen LogP) is 1.72. The quantitative estimate of drug-likeness (QED) is 0.835. The number of carbonyl (C=O) groups is 2. The summed E-state index contributed by atoms with van der Waals surface area (Å²) >= 11 is 1.52. The fourth-order valence-corrected chi connectivity index (χ4v) is 3.81. The van der Waals surface area contributed by atoms with Gasteiger partial charge in [-0.15, -0.1) is 11.8 Å². The summed E-state index contributed by atoms with van der Waals surface area (Å²) in [6.45, 7) is 2.35. The van der Waals surface area contributed by atoms with Gasteiger partial charge in [-0.05, 0) is 19.3 Å². The second kappa shape index (κ2) is 6.35. The lowest BCUT2D eigenvalue weighted by Gasteiger charge is -2.33. The second-order valence-electron chi connectivity index (χ2n) is 5.07. The maximum Gasteiger partial charge on any atom is 0.327 e. The average molecular weight is 297 g/mol. The Labute approximate surface area is 122 Å². The standard InChI is InChI=1S/C13H19N3O3S/c1-2-11-16(10(8-20-11)12(17)18)13(19)15(7-3-6-14)9-4-5-9/h9-11H,2-5,7-8H2,1H3,(H,17,18). The molecule has 2 aliphatic rings. The lowest BCUT2D eigenvalue weighted by atomic mass is 10.2. The topological polar surface area (TPSA) is 84.6 Å². The van der Waals surface area contributed by atoms with Crippen LogP contribution in [0, 0.1) is 11.3 Å². The Bertz CT molecular complexity index is 433. The highest BCUT2D eigenvalue weighted by atomic mass is 32.2. The summed E-state index contributed by atoms with van der Waals surface area (Å²) in [5.41, 5.74) is 0. The Kier molecular flexibility index (Phi) is 4.76. The van der Waals surface area contributed by atoms with E-state index in [1.165, 1.54) is 16.7 Å². The van der Waals surface area contributed by atoms with Gasteiger partial charge in [-0.3, -0.25) is 4.90 Å². The van der Waals surface area contributed by atoms with Crippen LogP contribution in [0.5, 0.6) is 0 Å². The molecule has 2 atom stereocenters. The number of thioether (sulfide) groups is 1. The van der Waals surface area contributed by atoms with Crippen molar-refractivity contribution in [2.45, 2.75) is 50.1 Å². The van der Waals surface area contributed by atoms with Crippen LogP contribution in [0.15, 0.2) is 0 Å². The molecule has 0 bridgehead atoms. The van der Waals surface area contributed by atoms with Gasteiger partial charge >= 0.3 is 12.0 Å². The van der Waals surface area contributed by atoms with Crippen molar-refractivity contribution in [1.29, 1.82) is 5.26 Å². The van der Waals surface area contributed by atoms with Gasteiger partial charge in [-0.2, -0.15) is 5.26 Å². The number of nitrogens with zero attached hydrogens (tertiary/aromatic N) is 3. The van der Waals surface area contributed by atoms with Gasteiger partial charge < -0.3 is 10.0 Å². The van der Waals surface area contributed by atoms with Crippen molar-refractivity contribution in [2.24, 2.45) is 0 Å². The molecule has 2 rings (SSSR count). The minimum Gasteiger partial charge on any atom is -0.480 e. The van der Waals surface area contributed by atoms with Gasteiger partial charge in [-0.1, -0.05) is 6.92 Å². The highest BCUT2D eigenvalue weighted by molar-refractivity contribution is 8.00. The van der Waals surface area contributed by atoms with Crippen LogP contribution in [0.3, 0.4) is 0 Å². The summed E-state index contributed by atoms with van der Waals surface area (Å²) in [5, 5.41) is 17.9. The van der Waals surface area contributed by atoms with Gasteiger partial charge in [-0.25, -0.2) is 9.59 Å². The number of hydrogen-bond donors (Lipinski definition) is 1. The number of amides is 2. The van der Waals surface area contributed by atoms with E-state index >= 15 is 0 Å². The first-order valence-electron chi connectivity index (χ1n) is 6.90. The van der Waals surface area contributed by atoms with Crippen molar-refractivity contribution in [3.8, 4) is 6.07 Å². The molecular weight excluding hydrogens is 278 g/mol. The molecule has 6 nitrogen and oxygen atoms in total. The van der Waals surface area contributed by atoms with Crippen LogP contribution < -0.4 is 0 Å². The summed E-state index contributed by atoms with van der Waals surface area (Å²) in [7, 11) is 0. The molecule has 2 amide bonds. The van der Waals surface area contributed by atoms with Gasteiger partial charge in [0.05, 0.1) is 17.9 Å². The zero-order valence-electron chi connectivity index (χ0n) is 11.5. The molecule has 1 saturated heterocycles. The summed E-state index contributed by atoms with van der Waals surface area (Å²) in [6, 6.07) is 1.27. The molecule has 2 unspecified atom stereocenters. The zero-order valence-corrected chi connectivity index (χ0v) is 12.3. The van der Waals surface area contributed by atoms with Crippen LogP contribution in [0.2, 0.25) is 0 Å².